The zero-order chi connectivity index (χ0) is 12.2. The average Bonchev–Trinajstić information content (AvgIpc) is 2.37. The summed E-state index contributed by atoms with van der Waals surface area (Å²) in [6.07, 6.45) is 1.83. The lowest BCUT2D eigenvalue weighted by molar-refractivity contribution is 0.159. The van der Waals surface area contributed by atoms with E-state index in [-0.39, 0.29) is 12.1 Å². The van der Waals surface area contributed by atoms with Crippen LogP contribution in [0, 0.1) is 5.41 Å². The van der Waals surface area contributed by atoms with Crippen molar-refractivity contribution in [3.63, 3.8) is 0 Å². The number of nitrogens with one attached hydrogen (secondary N) is 1. The highest BCUT2D eigenvalue weighted by Gasteiger charge is 2.30. The molecule has 0 saturated carbocycles. The second kappa shape index (κ2) is 5.97. The summed E-state index contributed by atoms with van der Waals surface area (Å²) in [6.45, 7) is 11.9. The number of hydrogen-bond donors (Lipinski definition) is 1. The van der Waals surface area contributed by atoms with Gasteiger partial charge in [0.25, 0.3) is 0 Å². The Kier molecular flexibility index (Phi) is 5.19. The molecular weight excluding hydrogens is 203 g/mol. The molecule has 2 nitrogen and oxygen atoms in total. The van der Waals surface area contributed by atoms with Gasteiger partial charge in [-0.25, -0.2) is 0 Å². The molecule has 1 saturated heterocycles. The molecule has 2 unspecified atom stereocenters. The highest BCUT2D eigenvalue weighted by Crippen LogP contribution is 2.23. The molecule has 1 aliphatic heterocycles. The van der Waals surface area contributed by atoms with Gasteiger partial charge in [0.2, 0.25) is 0 Å². The summed E-state index contributed by atoms with van der Waals surface area (Å²) in [5.41, 5.74) is 0.276. The second-order valence-electron chi connectivity index (χ2n) is 6.05. The highest BCUT2D eigenvalue weighted by molar-refractivity contribution is 4.88. The molecule has 0 radical (unpaired) electrons. The van der Waals surface area contributed by atoms with Gasteiger partial charge in [0.15, 0.2) is 0 Å². The van der Waals surface area contributed by atoms with Crippen LogP contribution in [0.15, 0.2) is 0 Å². The number of hydrogen-bond acceptors (Lipinski definition) is 2. The third kappa shape index (κ3) is 4.02. The summed E-state index contributed by atoms with van der Waals surface area (Å²) in [5, 5.41) is 3.62. The van der Waals surface area contributed by atoms with Crippen molar-refractivity contribution in [2.75, 3.05) is 26.3 Å². The molecule has 3 heteroatoms. The smallest absolute Gasteiger partial charge is 0.0906 e. The van der Waals surface area contributed by atoms with E-state index in [1.807, 2.05) is 0 Å². The zero-order valence-corrected chi connectivity index (χ0v) is 11.2. The Balaban J connectivity index is 2.58. The first-order valence-electron chi connectivity index (χ1n) is 6.48. The van der Waals surface area contributed by atoms with Gasteiger partial charge in [-0.2, -0.15) is 0 Å². The lowest BCUT2D eigenvalue weighted by Crippen LogP contribution is -2.47. The van der Waals surface area contributed by atoms with Gasteiger partial charge >= 0.3 is 0 Å². The molecule has 1 aliphatic rings. The molecule has 0 amide bonds. The summed E-state index contributed by atoms with van der Waals surface area (Å²) in [5.74, 6) is 0. The van der Waals surface area contributed by atoms with Crippen molar-refractivity contribution >= 4 is 0 Å². The summed E-state index contributed by atoms with van der Waals surface area (Å²) >= 11 is 0. The van der Waals surface area contributed by atoms with Crippen LogP contribution in [-0.2, 0) is 0 Å². The lowest BCUT2D eigenvalue weighted by Gasteiger charge is -2.35. The topological polar surface area (TPSA) is 15.3 Å². The monoisotopic (exact) mass is 230 g/mol. The van der Waals surface area contributed by atoms with Crippen LogP contribution in [0.3, 0.4) is 0 Å². The van der Waals surface area contributed by atoms with Crippen molar-refractivity contribution < 1.29 is 4.39 Å². The third-order valence-corrected chi connectivity index (χ3v) is 3.62. The van der Waals surface area contributed by atoms with Crippen LogP contribution in [0.5, 0.6) is 0 Å². The van der Waals surface area contributed by atoms with Gasteiger partial charge < -0.3 is 5.32 Å². The van der Waals surface area contributed by atoms with Crippen LogP contribution in [0.2, 0.25) is 0 Å². The Hall–Kier alpha value is -0.150. The van der Waals surface area contributed by atoms with Gasteiger partial charge in [0.1, 0.15) is 0 Å². The summed E-state index contributed by atoms with van der Waals surface area (Å²) in [7, 11) is 0. The van der Waals surface area contributed by atoms with Gasteiger partial charge in [-0.3, -0.25) is 9.29 Å². The van der Waals surface area contributed by atoms with E-state index in [1.54, 1.807) is 0 Å². The SMILES string of the molecule is CC1CCNC(C(C)(C)C)CN1CCCF. The van der Waals surface area contributed by atoms with Crippen molar-refractivity contribution in [3.05, 3.63) is 0 Å². The van der Waals surface area contributed by atoms with Crippen molar-refractivity contribution in [2.45, 2.75) is 52.6 Å². The van der Waals surface area contributed by atoms with Gasteiger partial charge in [-0.05, 0) is 31.7 Å². The number of rotatable bonds is 3. The summed E-state index contributed by atoms with van der Waals surface area (Å²) < 4.78 is 12.3. The molecule has 0 aromatic carbocycles. The molecule has 0 spiro atoms. The quantitative estimate of drug-likeness (QED) is 0.801. The fourth-order valence-electron chi connectivity index (χ4n) is 2.28. The molecule has 0 bridgehead atoms. The van der Waals surface area contributed by atoms with Gasteiger partial charge in [0, 0.05) is 25.2 Å². The molecule has 1 heterocycles. The molecule has 1 rings (SSSR count). The van der Waals surface area contributed by atoms with Crippen LogP contribution in [-0.4, -0.2) is 43.3 Å². The molecule has 96 valence electrons. The maximum absolute atomic E-state index is 12.3. The van der Waals surface area contributed by atoms with Crippen LogP contribution >= 0.6 is 0 Å². The van der Waals surface area contributed by atoms with E-state index in [9.17, 15) is 4.39 Å². The number of nitrogens with zero attached hydrogens (tertiary/aromatic N) is 1. The van der Waals surface area contributed by atoms with Gasteiger partial charge in [-0.1, -0.05) is 20.8 Å². The molecule has 0 aliphatic carbocycles. The van der Waals surface area contributed by atoms with E-state index in [0.717, 1.165) is 19.6 Å². The van der Waals surface area contributed by atoms with Crippen molar-refractivity contribution in [1.82, 2.24) is 10.2 Å². The summed E-state index contributed by atoms with van der Waals surface area (Å²) in [4.78, 5) is 2.44. The van der Waals surface area contributed by atoms with Crippen LogP contribution in [0.25, 0.3) is 0 Å². The Morgan fingerprint density at radius 2 is 2.06 bits per heavy atom. The van der Waals surface area contributed by atoms with E-state index in [1.165, 1.54) is 6.42 Å². The highest BCUT2D eigenvalue weighted by atomic mass is 19.1. The fraction of sp³-hybridized carbons (Fsp3) is 1.00. The van der Waals surface area contributed by atoms with Gasteiger partial charge in [0.05, 0.1) is 6.67 Å². The second-order valence-corrected chi connectivity index (χ2v) is 6.05. The molecule has 1 fully saturated rings. The standard InChI is InChI=1S/C13H27FN2/c1-11-6-8-15-12(13(2,3)4)10-16(11)9-5-7-14/h11-12,15H,5-10H2,1-4H3. The minimum absolute atomic E-state index is 0.198. The summed E-state index contributed by atoms with van der Waals surface area (Å²) in [6, 6.07) is 1.09. The molecule has 0 aromatic heterocycles. The molecular formula is C13H27FN2. The first-order chi connectivity index (χ1) is 7.45. The van der Waals surface area contributed by atoms with Crippen molar-refractivity contribution in [3.8, 4) is 0 Å². The molecule has 2 atom stereocenters. The predicted octanol–water partition coefficient (Wildman–Crippen LogP) is 2.44. The largest absolute Gasteiger partial charge is 0.312 e. The first-order valence-corrected chi connectivity index (χ1v) is 6.48. The Bertz CT molecular complexity index is 201. The molecule has 16 heavy (non-hydrogen) atoms. The fourth-order valence-corrected chi connectivity index (χ4v) is 2.28. The van der Waals surface area contributed by atoms with Crippen LogP contribution in [0.1, 0.15) is 40.5 Å². The van der Waals surface area contributed by atoms with E-state index < -0.39 is 0 Å². The van der Waals surface area contributed by atoms with E-state index in [2.05, 4.69) is 37.9 Å². The average molecular weight is 230 g/mol. The maximum atomic E-state index is 12.3. The van der Waals surface area contributed by atoms with Crippen LogP contribution in [0.4, 0.5) is 4.39 Å². The van der Waals surface area contributed by atoms with E-state index in [0.29, 0.717) is 18.5 Å². The maximum Gasteiger partial charge on any atom is 0.0906 e. The Morgan fingerprint density at radius 3 is 2.62 bits per heavy atom. The lowest BCUT2D eigenvalue weighted by atomic mass is 9.86. The first kappa shape index (κ1) is 13.9. The van der Waals surface area contributed by atoms with E-state index in [4.69, 9.17) is 0 Å². The van der Waals surface area contributed by atoms with E-state index >= 15 is 0 Å². The molecule has 0 aromatic rings. The van der Waals surface area contributed by atoms with Crippen molar-refractivity contribution in [1.29, 1.82) is 0 Å². The Morgan fingerprint density at radius 1 is 1.38 bits per heavy atom. The minimum atomic E-state index is -0.198. The third-order valence-electron chi connectivity index (χ3n) is 3.62. The minimum Gasteiger partial charge on any atom is -0.312 e. The predicted molar refractivity (Wildman–Crippen MR) is 67.5 cm³/mol. The van der Waals surface area contributed by atoms with Crippen molar-refractivity contribution in [2.24, 2.45) is 5.41 Å². The Labute approximate surface area is 99.6 Å². The zero-order valence-electron chi connectivity index (χ0n) is 11.2. The van der Waals surface area contributed by atoms with Gasteiger partial charge in [-0.15, -0.1) is 0 Å². The van der Waals surface area contributed by atoms with Crippen LogP contribution < -0.4 is 5.32 Å². The number of halogens is 1. The number of alkyl halides is 1. The molecule has 1 N–H and O–H groups in total. The normalized spacial score (nSPS) is 29.1.